The van der Waals surface area contributed by atoms with E-state index in [0.717, 1.165) is 35.9 Å². The average molecular weight is 390 g/mol. The molecule has 3 rings (SSSR count). The number of hydrogen-bond acceptors (Lipinski definition) is 5. The summed E-state index contributed by atoms with van der Waals surface area (Å²) < 4.78 is 0. The SMILES string of the molecule is CCNc1nc(C)cc(Nc2ccc(NC(=O)CCc3cccc(C)c3)cc2)n1. The molecule has 1 heterocycles. The normalized spacial score (nSPS) is 10.4. The molecule has 0 aliphatic rings. The fourth-order valence-corrected chi connectivity index (χ4v) is 3.00. The Morgan fingerprint density at radius 3 is 2.45 bits per heavy atom. The van der Waals surface area contributed by atoms with Crippen LogP contribution in [-0.2, 0) is 11.2 Å². The van der Waals surface area contributed by atoms with E-state index in [9.17, 15) is 4.79 Å². The third-order valence-electron chi connectivity index (χ3n) is 4.35. The zero-order chi connectivity index (χ0) is 20.6. The maximum Gasteiger partial charge on any atom is 0.224 e. The van der Waals surface area contributed by atoms with Crippen molar-refractivity contribution < 1.29 is 4.79 Å². The van der Waals surface area contributed by atoms with E-state index in [-0.39, 0.29) is 5.91 Å². The highest BCUT2D eigenvalue weighted by Gasteiger charge is 2.05. The minimum atomic E-state index is 0.00826. The summed E-state index contributed by atoms with van der Waals surface area (Å²) in [6, 6.07) is 17.7. The minimum Gasteiger partial charge on any atom is -0.354 e. The Balaban J connectivity index is 1.55. The maximum atomic E-state index is 12.2. The number of aryl methyl sites for hydroxylation is 3. The number of rotatable bonds is 8. The highest BCUT2D eigenvalue weighted by molar-refractivity contribution is 5.91. The number of carbonyl (C=O) groups is 1. The molecular weight excluding hydrogens is 362 g/mol. The van der Waals surface area contributed by atoms with Crippen LogP contribution in [0.2, 0.25) is 0 Å². The van der Waals surface area contributed by atoms with Crippen LogP contribution in [0.5, 0.6) is 0 Å². The second-order valence-electron chi connectivity index (χ2n) is 6.99. The molecule has 0 unspecified atom stereocenters. The highest BCUT2D eigenvalue weighted by atomic mass is 16.1. The van der Waals surface area contributed by atoms with Gasteiger partial charge in [0.05, 0.1) is 0 Å². The quantitative estimate of drug-likeness (QED) is 0.514. The van der Waals surface area contributed by atoms with Crippen LogP contribution in [0.4, 0.5) is 23.1 Å². The molecule has 0 spiro atoms. The summed E-state index contributed by atoms with van der Waals surface area (Å²) in [6.45, 7) is 6.76. The Morgan fingerprint density at radius 1 is 0.966 bits per heavy atom. The van der Waals surface area contributed by atoms with Crippen LogP contribution in [0, 0.1) is 13.8 Å². The number of benzene rings is 2. The van der Waals surface area contributed by atoms with E-state index in [1.54, 1.807) is 0 Å². The van der Waals surface area contributed by atoms with Crippen molar-refractivity contribution in [2.45, 2.75) is 33.6 Å². The predicted octanol–water partition coefficient (Wildman–Crippen LogP) is 4.84. The van der Waals surface area contributed by atoms with Crippen LogP contribution in [0.1, 0.15) is 30.2 Å². The Hall–Kier alpha value is -3.41. The van der Waals surface area contributed by atoms with Gasteiger partial charge in [-0.15, -0.1) is 0 Å². The van der Waals surface area contributed by atoms with Gasteiger partial charge in [0.2, 0.25) is 11.9 Å². The molecule has 150 valence electrons. The monoisotopic (exact) mass is 389 g/mol. The summed E-state index contributed by atoms with van der Waals surface area (Å²) in [5.41, 5.74) is 4.94. The van der Waals surface area contributed by atoms with Crippen molar-refractivity contribution in [2.75, 3.05) is 22.5 Å². The molecule has 1 aromatic heterocycles. The van der Waals surface area contributed by atoms with Crippen molar-refractivity contribution in [2.24, 2.45) is 0 Å². The molecule has 3 aromatic rings. The first-order chi connectivity index (χ1) is 14.0. The van der Waals surface area contributed by atoms with E-state index in [4.69, 9.17) is 0 Å². The average Bonchev–Trinajstić information content (AvgIpc) is 2.68. The fourth-order valence-electron chi connectivity index (χ4n) is 3.00. The van der Waals surface area contributed by atoms with E-state index in [1.807, 2.05) is 50.2 Å². The van der Waals surface area contributed by atoms with Crippen LogP contribution < -0.4 is 16.0 Å². The first-order valence-electron chi connectivity index (χ1n) is 9.84. The molecule has 0 bridgehead atoms. The molecular formula is C23H27N5O. The number of anilines is 4. The molecule has 0 radical (unpaired) electrons. The zero-order valence-corrected chi connectivity index (χ0v) is 17.1. The molecule has 6 nitrogen and oxygen atoms in total. The molecule has 0 atom stereocenters. The van der Waals surface area contributed by atoms with Gasteiger partial charge in [0.25, 0.3) is 0 Å². The van der Waals surface area contributed by atoms with Crippen LogP contribution in [0.15, 0.2) is 54.6 Å². The summed E-state index contributed by atoms with van der Waals surface area (Å²) in [6.07, 6.45) is 1.19. The fraction of sp³-hybridized carbons (Fsp3) is 0.261. The lowest BCUT2D eigenvalue weighted by Crippen LogP contribution is -2.12. The van der Waals surface area contributed by atoms with Gasteiger partial charge < -0.3 is 16.0 Å². The summed E-state index contributed by atoms with van der Waals surface area (Å²) in [5, 5.41) is 9.34. The smallest absolute Gasteiger partial charge is 0.224 e. The molecule has 3 N–H and O–H groups in total. The van der Waals surface area contributed by atoms with Crippen LogP contribution in [0.25, 0.3) is 0 Å². The lowest BCUT2D eigenvalue weighted by Gasteiger charge is -2.10. The Labute approximate surface area is 171 Å². The molecule has 6 heteroatoms. The Bertz CT molecular complexity index is 969. The van der Waals surface area contributed by atoms with Gasteiger partial charge in [0.15, 0.2) is 0 Å². The van der Waals surface area contributed by atoms with Gasteiger partial charge in [-0.1, -0.05) is 29.8 Å². The topological polar surface area (TPSA) is 78.9 Å². The van der Waals surface area contributed by atoms with Gasteiger partial charge in [-0.25, -0.2) is 4.98 Å². The summed E-state index contributed by atoms with van der Waals surface area (Å²) in [4.78, 5) is 21.0. The third-order valence-corrected chi connectivity index (χ3v) is 4.35. The second-order valence-corrected chi connectivity index (χ2v) is 6.99. The van der Waals surface area contributed by atoms with Crippen molar-refractivity contribution in [1.29, 1.82) is 0 Å². The summed E-state index contributed by atoms with van der Waals surface area (Å²) >= 11 is 0. The molecule has 0 fully saturated rings. The highest BCUT2D eigenvalue weighted by Crippen LogP contribution is 2.19. The van der Waals surface area contributed by atoms with E-state index in [0.29, 0.717) is 12.4 Å². The number of aromatic nitrogens is 2. The predicted molar refractivity (Wildman–Crippen MR) is 119 cm³/mol. The molecule has 29 heavy (non-hydrogen) atoms. The zero-order valence-electron chi connectivity index (χ0n) is 17.1. The number of nitrogens with one attached hydrogen (secondary N) is 3. The standard InChI is InChI=1S/C23H27N5O/c1-4-24-23-25-17(3)15-21(28-23)26-19-9-11-20(12-10-19)27-22(29)13-8-18-7-5-6-16(2)14-18/h5-7,9-12,14-15H,4,8,13H2,1-3H3,(H,27,29)(H2,24,25,26,28). The lowest BCUT2D eigenvalue weighted by atomic mass is 10.1. The van der Waals surface area contributed by atoms with Crippen LogP contribution in [0.3, 0.4) is 0 Å². The lowest BCUT2D eigenvalue weighted by molar-refractivity contribution is -0.116. The second kappa shape index (κ2) is 9.68. The maximum absolute atomic E-state index is 12.2. The van der Waals surface area contributed by atoms with Gasteiger partial charge in [-0.05, 0) is 57.0 Å². The van der Waals surface area contributed by atoms with E-state index in [2.05, 4.69) is 51.0 Å². The van der Waals surface area contributed by atoms with Crippen molar-refractivity contribution >= 4 is 29.0 Å². The summed E-state index contributed by atoms with van der Waals surface area (Å²) in [5.74, 6) is 1.34. The Morgan fingerprint density at radius 2 is 1.72 bits per heavy atom. The molecule has 2 aromatic carbocycles. The molecule has 0 saturated heterocycles. The van der Waals surface area contributed by atoms with Crippen molar-refractivity contribution in [3.05, 3.63) is 71.4 Å². The van der Waals surface area contributed by atoms with E-state index in [1.165, 1.54) is 11.1 Å². The van der Waals surface area contributed by atoms with Crippen molar-refractivity contribution in [3.63, 3.8) is 0 Å². The van der Waals surface area contributed by atoms with Gasteiger partial charge >= 0.3 is 0 Å². The van der Waals surface area contributed by atoms with Crippen LogP contribution >= 0.6 is 0 Å². The van der Waals surface area contributed by atoms with Gasteiger partial charge in [0.1, 0.15) is 5.82 Å². The Kier molecular flexibility index (Phi) is 6.79. The number of hydrogen-bond donors (Lipinski definition) is 3. The first kappa shape index (κ1) is 20.3. The molecule has 0 saturated carbocycles. The van der Waals surface area contributed by atoms with Crippen molar-refractivity contribution in [3.8, 4) is 0 Å². The first-order valence-corrected chi connectivity index (χ1v) is 9.84. The van der Waals surface area contributed by atoms with Gasteiger partial charge in [0, 0.05) is 36.1 Å². The molecule has 0 aliphatic heterocycles. The third kappa shape index (κ3) is 6.31. The van der Waals surface area contributed by atoms with Gasteiger partial charge in [-0.3, -0.25) is 4.79 Å². The number of carbonyl (C=O) groups excluding carboxylic acids is 1. The molecule has 1 amide bonds. The van der Waals surface area contributed by atoms with E-state index < -0.39 is 0 Å². The minimum absolute atomic E-state index is 0.00826. The van der Waals surface area contributed by atoms with Crippen LogP contribution in [-0.4, -0.2) is 22.4 Å². The number of amides is 1. The van der Waals surface area contributed by atoms with Crippen molar-refractivity contribution in [1.82, 2.24) is 9.97 Å². The summed E-state index contributed by atoms with van der Waals surface area (Å²) in [7, 11) is 0. The van der Waals surface area contributed by atoms with Gasteiger partial charge in [-0.2, -0.15) is 4.98 Å². The largest absolute Gasteiger partial charge is 0.354 e. The number of nitrogens with zero attached hydrogens (tertiary/aromatic N) is 2. The molecule has 0 aliphatic carbocycles. The van der Waals surface area contributed by atoms with E-state index >= 15 is 0 Å².